The number of carbonyl (C=O) groups excluding carboxylic acids is 2. The third-order valence-corrected chi connectivity index (χ3v) is 4.38. The van der Waals surface area contributed by atoms with Gasteiger partial charge >= 0.3 is 5.00 Å². The van der Waals surface area contributed by atoms with Crippen molar-refractivity contribution in [3.05, 3.63) is 50.9 Å². The van der Waals surface area contributed by atoms with Crippen molar-refractivity contribution in [1.82, 2.24) is 10.9 Å². The third kappa shape index (κ3) is 5.42. The first-order valence-electron chi connectivity index (χ1n) is 8.10. The molecule has 0 atom stereocenters. The van der Waals surface area contributed by atoms with E-state index in [1.165, 1.54) is 18.6 Å². The lowest BCUT2D eigenvalue weighted by Crippen LogP contribution is -2.41. The van der Waals surface area contributed by atoms with Crippen LogP contribution in [-0.4, -0.2) is 30.5 Å². The minimum absolute atomic E-state index is 0.0873. The van der Waals surface area contributed by atoms with Crippen LogP contribution in [0.5, 0.6) is 11.5 Å². The molecule has 0 fully saturated rings. The van der Waals surface area contributed by atoms with Gasteiger partial charge in [0.1, 0.15) is 0 Å². The van der Waals surface area contributed by atoms with Gasteiger partial charge in [-0.15, -0.1) is 0 Å². The molecule has 2 aromatic rings. The Morgan fingerprint density at radius 2 is 1.85 bits per heavy atom. The monoisotopic (exact) mass is 393 g/mol. The molecule has 0 bridgehead atoms. The predicted octanol–water partition coefficient (Wildman–Crippen LogP) is 2.92. The fraction of sp³-hybridized carbons (Fsp3) is 0.294. The maximum atomic E-state index is 12.2. The summed E-state index contributed by atoms with van der Waals surface area (Å²) in [6, 6.07) is 5.80. The van der Waals surface area contributed by atoms with Gasteiger partial charge in [0.25, 0.3) is 11.8 Å². The molecule has 1 aromatic carbocycles. The summed E-state index contributed by atoms with van der Waals surface area (Å²) >= 11 is 0.828. The Labute approximate surface area is 159 Å². The van der Waals surface area contributed by atoms with Crippen LogP contribution in [0.2, 0.25) is 0 Å². The SMILES string of the molecule is CCCCOc1ccc(C(=O)NNC(=O)c2csc([N+](=O)[O-])c2)cc1OC. The number of hydrogen-bond donors (Lipinski definition) is 2. The number of nitro groups is 1. The van der Waals surface area contributed by atoms with Crippen LogP contribution in [-0.2, 0) is 0 Å². The number of methoxy groups -OCH3 is 1. The van der Waals surface area contributed by atoms with Crippen LogP contribution in [0.15, 0.2) is 29.6 Å². The molecule has 0 radical (unpaired) electrons. The highest BCUT2D eigenvalue weighted by atomic mass is 32.1. The van der Waals surface area contributed by atoms with E-state index in [0.717, 1.165) is 30.2 Å². The first kappa shape index (κ1) is 20.2. The average molecular weight is 393 g/mol. The number of nitrogens with one attached hydrogen (secondary N) is 2. The smallest absolute Gasteiger partial charge is 0.324 e. The van der Waals surface area contributed by atoms with Crippen molar-refractivity contribution < 1.29 is 24.0 Å². The van der Waals surface area contributed by atoms with E-state index in [9.17, 15) is 19.7 Å². The summed E-state index contributed by atoms with van der Waals surface area (Å²) in [6.45, 7) is 2.60. The van der Waals surface area contributed by atoms with Crippen LogP contribution < -0.4 is 20.3 Å². The second-order valence-corrected chi connectivity index (χ2v) is 6.30. The van der Waals surface area contributed by atoms with Gasteiger partial charge in [-0.3, -0.25) is 30.6 Å². The number of unbranched alkanes of at least 4 members (excludes halogenated alkanes) is 1. The molecule has 0 aliphatic rings. The first-order chi connectivity index (χ1) is 13.0. The molecule has 0 saturated carbocycles. The molecule has 0 aliphatic carbocycles. The van der Waals surface area contributed by atoms with E-state index in [1.54, 1.807) is 12.1 Å². The van der Waals surface area contributed by atoms with Gasteiger partial charge in [0.05, 0.1) is 24.2 Å². The third-order valence-electron chi connectivity index (χ3n) is 3.50. The highest BCUT2D eigenvalue weighted by Gasteiger charge is 2.16. The van der Waals surface area contributed by atoms with Gasteiger partial charge in [0.15, 0.2) is 11.5 Å². The quantitative estimate of drug-likeness (QED) is 0.404. The highest BCUT2D eigenvalue weighted by Crippen LogP contribution is 2.28. The number of nitrogens with zero attached hydrogens (tertiary/aromatic N) is 1. The molecular formula is C17H19N3O6S. The number of carbonyl (C=O) groups is 2. The Kier molecular flexibility index (Phi) is 7.12. The molecule has 10 heteroatoms. The maximum absolute atomic E-state index is 12.2. The predicted molar refractivity (Wildman–Crippen MR) is 99.3 cm³/mol. The van der Waals surface area contributed by atoms with Crippen LogP contribution in [0.4, 0.5) is 5.00 Å². The molecule has 144 valence electrons. The van der Waals surface area contributed by atoms with Crippen LogP contribution in [0.3, 0.4) is 0 Å². The van der Waals surface area contributed by atoms with Gasteiger partial charge in [-0.2, -0.15) is 0 Å². The van der Waals surface area contributed by atoms with E-state index in [-0.39, 0.29) is 16.1 Å². The summed E-state index contributed by atoms with van der Waals surface area (Å²) in [5.74, 6) is -0.290. The molecule has 0 aliphatic heterocycles. The molecule has 2 rings (SSSR count). The van der Waals surface area contributed by atoms with Crippen molar-refractivity contribution in [2.75, 3.05) is 13.7 Å². The molecule has 9 nitrogen and oxygen atoms in total. The molecule has 0 saturated heterocycles. The average Bonchev–Trinajstić information content (AvgIpc) is 3.17. The number of rotatable bonds is 8. The molecular weight excluding hydrogens is 374 g/mol. The molecule has 2 N–H and O–H groups in total. The van der Waals surface area contributed by atoms with Crippen molar-refractivity contribution >= 4 is 28.2 Å². The van der Waals surface area contributed by atoms with Gasteiger partial charge in [-0.1, -0.05) is 24.7 Å². The van der Waals surface area contributed by atoms with Crippen molar-refractivity contribution in [3.63, 3.8) is 0 Å². The highest BCUT2D eigenvalue weighted by molar-refractivity contribution is 7.13. The van der Waals surface area contributed by atoms with Crippen molar-refractivity contribution in [2.24, 2.45) is 0 Å². The van der Waals surface area contributed by atoms with Gasteiger partial charge in [0, 0.05) is 17.0 Å². The lowest BCUT2D eigenvalue weighted by Gasteiger charge is -2.12. The molecule has 0 spiro atoms. The zero-order valence-corrected chi connectivity index (χ0v) is 15.6. The van der Waals surface area contributed by atoms with Crippen molar-refractivity contribution in [2.45, 2.75) is 19.8 Å². The van der Waals surface area contributed by atoms with Crippen molar-refractivity contribution in [1.29, 1.82) is 0 Å². The van der Waals surface area contributed by atoms with Crippen LogP contribution in [0.1, 0.15) is 40.5 Å². The summed E-state index contributed by atoms with van der Waals surface area (Å²) < 4.78 is 10.8. The molecule has 27 heavy (non-hydrogen) atoms. The summed E-state index contributed by atoms with van der Waals surface area (Å²) in [4.78, 5) is 34.2. The first-order valence-corrected chi connectivity index (χ1v) is 8.98. The van der Waals surface area contributed by atoms with E-state index >= 15 is 0 Å². The van der Waals surface area contributed by atoms with E-state index in [0.29, 0.717) is 18.1 Å². The zero-order valence-electron chi connectivity index (χ0n) is 14.8. The number of ether oxygens (including phenoxy) is 2. The molecule has 2 amide bonds. The Bertz CT molecular complexity index is 836. The fourth-order valence-electron chi connectivity index (χ4n) is 2.05. The number of thiophene rings is 1. The Morgan fingerprint density at radius 3 is 2.44 bits per heavy atom. The standard InChI is InChI=1S/C17H19N3O6S/c1-3-4-7-26-13-6-5-11(8-14(13)25-2)16(21)18-19-17(22)12-9-15(20(23)24)27-10-12/h5-6,8-10H,3-4,7H2,1-2H3,(H,18,21)(H,19,22). The largest absolute Gasteiger partial charge is 0.493 e. The minimum atomic E-state index is -0.654. The van der Waals surface area contributed by atoms with Gasteiger partial charge in [0.2, 0.25) is 0 Å². The van der Waals surface area contributed by atoms with E-state index in [1.807, 2.05) is 0 Å². The molecule has 1 aromatic heterocycles. The van der Waals surface area contributed by atoms with Crippen LogP contribution in [0, 0.1) is 10.1 Å². The van der Waals surface area contributed by atoms with E-state index < -0.39 is 16.7 Å². The summed E-state index contributed by atoms with van der Waals surface area (Å²) in [7, 11) is 1.47. The molecule has 0 unspecified atom stereocenters. The van der Waals surface area contributed by atoms with E-state index in [2.05, 4.69) is 17.8 Å². The fourth-order valence-corrected chi connectivity index (χ4v) is 2.76. The topological polar surface area (TPSA) is 120 Å². The number of amides is 2. The second-order valence-electron chi connectivity index (χ2n) is 5.41. The van der Waals surface area contributed by atoms with Crippen LogP contribution >= 0.6 is 11.3 Å². The Morgan fingerprint density at radius 1 is 1.15 bits per heavy atom. The normalized spacial score (nSPS) is 10.1. The lowest BCUT2D eigenvalue weighted by atomic mass is 10.2. The van der Waals surface area contributed by atoms with Crippen molar-refractivity contribution in [3.8, 4) is 11.5 Å². The minimum Gasteiger partial charge on any atom is -0.493 e. The van der Waals surface area contributed by atoms with Gasteiger partial charge in [-0.25, -0.2) is 0 Å². The maximum Gasteiger partial charge on any atom is 0.324 e. The van der Waals surface area contributed by atoms with E-state index in [4.69, 9.17) is 9.47 Å². The lowest BCUT2D eigenvalue weighted by molar-refractivity contribution is -0.380. The second kappa shape index (κ2) is 9.53. The summed E-state index contributed by atoms with van der Waals surface area (Å²) in [5.41, 5.74) is 4.82. The zero-order chi connectivity index (χ0) is 19.8. The Balaban J connectivity index is 1.98. The van der Waals surface area contributed by atoms with Gasteiger partial charge < -0.3 is 9.47 Å². The van der Waals surface area contributed by atoms with Crippen LogP contribution in [0.25, 0.3) is 0 Å². The number of hydrogen-bond acceptors (Lipinski definition) is 7. The Hall–Kier alpha value is -3.14. The number of hydrazine groups is 1. The van der Waals surface area contributed by atoms with Gasteiger partial charge in [-0.05, 0) is 24.6 Å². The summed E-state index contributed by atoms with van der Waals surface area (Å²) in [6.07, 6.45) is 1.90. The molecule has 1 heterocycles. The summed E-state index contributed by atoms with van der Waals surface area (Å²) in [5, 5.41) is 11.8. The number of benzene rings is 1.